The maximum absolute atomic E-state index is 13.2. The molecule has 0 saturated carbocycles. The molecule has 0 aliphatic carbocycles. The van der Waals surface area contributed by atoms with Gasteiger partial charge >= 0.3 is 5.97 Å². The summed E-state index contributed by atoms with van der Waals surface area (Å²) in [5.41, 5.74) is 0. The zero-order valence-electron chi connectivity index (χ0n) is 42.7. The predicted octanol–water partition coefficient (Wildman–Crippen LogP) is 17.0. The third kappa shape index (κ3) is 46.4. The summed E-state index contributed by atoms with van der Waals surface area (Å²) < 4.78 is 5.94. The van der Waals surface area contributed by atoms with Crippen molar-refractivity contribution in [2.75, 3.05) is 6.61 Å². The van der Waals surface area contributed by atoms with E-state index in [-0.39, 0.29) is 24.9 Å². The van der Waals surface area contributed by atoms with Crippen LogP contribution >= 0.6 is 0 Å². The third-order valence-corrected chi connectivity index (χ3v) is 12.6. The Morgan fingerprint density at radius 3 is 1.27 bits per heavy atom. The molecule has 0 saturated heterocycles. The van der Waals surface area contributed by atoms with Gasteiger partial charge in [-0.25, -0.2) is 0 Å². The fraction of sp³-hybridized carbons (Fsp3) is 0.828. The Morgan fingerprint density at radius 1 is 0.453 bits per heavy atom. The second-order valence-electron chi connectivity index (χ2n) is 19.0. The van der Waals surface area contributed by atoms with Gasteiger partial charge in [0.1, 0.15) is 6.10 Å². The number of amides is 1. The molecular weight excluding hydrogens is 791 g/mol. The van der Waals surface area contributed by atoms with Gasteiger partial charge in [-0.1, -0.05) is 230 Å². The Labute approximate surface area is 397 Å². The molecule has 0 radical (unpaired) electrons. The van der Waals surface area contributed by atoms with Crippen molar-refractivity contribution in [3.8, 4) is 0 Å². The molecule has 6 heteroatoms. The molecule has 3 atom stereocenters. The van der Waals surface area contributed by atoms with Crippen molar-refractivity contribution in [3.05, 3.63) is 48.6 Å². The molecule has 0 bridgehead atoms. The van der Waals surface area contributed by atoms with Crippen LogP contribution in [0.2, 0.25) is 0 Å². The highest BCUT2D eigenvalue weighted by Crippen LogP contribution is 2.18. The lowest BCUT2D eigenvalue weighted by atomic mass is 10.0. The molecule has 0 aromatic rings. The number of allylic oxidation sites excluding steroid dienone is 8. The van der Waals surface area contributed by atoms with Gasteiger partial charge in [-0.05, 0) is 89.9 Å². The SMILES string of the molecule is CCCCC/C=C\C/C=C\C/C=C\CCCCCCCCC(=O)OC(CCCCCCC/C=C\CCCCCC)CC(=O)NC(CO)C(O)CCCCCCCCCCCCCCC. The number of aliphatic hydroxyl groups is 2. The van der Waals surface area contributed by atoms with Crippen LogP contribution in [0.4, 0.5) is 0 Å². The van der Waals surface area contributed by atoms with Crippen molar-refractivity contribution in [2.24, 2.45) is 0 Å². The van der Waals surface area contributed by atoms with Gasteiger partial charge in [0.15, 0.2) is 0 Å². The Kier molecular flexibility index (Phi) is 50.0. The first-order valence-corrected chi connectivity index (χ1v) is 27.9. The molecule has 0 aliphatic heterocycles. The van der Waals surface area contributed by atoms with Crippen LogP contribution < -0.4 is 5.32 Å². The predicted molar refractivity (Wildman–Crippen MR) is 278 cm³/mol. The summed E-state index contributed by atoms with van der Waals surface area (Å²) >= 11 is 0. The van der Waals surface area contributed by atoms with E-state index in [0.717, 1.165) is 83.5 Å². The van der Waals surface area contributed by atoms with Gasteiger partial charge in [-0.2, -0.15) is 0 Å². The molecule has 3 N–H and O–H groups in total. The first-order chi connectivity index (χ1) is 31.5. The smallest absolute Gasteiger partial charge is 0.306 e. The summed E-state index contributed by atoms with van der Waals surface area (Å²) in [6.45, 7) is 6.45. The summed E-state index contributed by atoms with van der Waals surface area (Å²) in [5.74, 6) is -0.488. The van der Waals surface area contributed by atoms with E-state index in [1.807, 2.05) is 0 Å². The quantitative estimate of drug-likeness (QED) is 0.0321. The van der Waals surface area contributed by atoms with E-state index in [1.165, 1.54) is 154 Å². The molecule has 0 spiro atoms. The van der Waals surface area contributed by atoms with Gasteiger partial charge in [0, 0.05) is 6.42 Å². The lowest BCUT2D eigenvalue weighted by molar-refractivity contribution is -0.151. The molecule has 0 aliphatic rings. The van der Waals surface area contributed by atoms with E-state index < -0.39 is 18.2 Å². The van der Waals surface area contributed by atoms with Crippen molar-refractivity contribution in [3.63, 3.8) is 0 Å². The molecule has 64 heavy (non-hydrogen) atoms. The van der Waals surface area contributed by atoms with Crippen molar-refractivity contribution >= 4 is 11.9 Å². The van der Waals surface area contributed by atoms with E-state index in [4.69, 9.17) is 4.74 Å². The van der Waals surface area contributed by atoms with E-state index in [9.17, 15) is 19.8 Å². The minimum absolute atomic E-state index is 0.0675. The molecule has 3 unspecified atom stereocenters. The normalized spacial score (nSPS) is 13.5. The van der Waals surface area contributed by atoms with Gasteiger partial charge in [-0.15, -0.1) is 0 Å². The molecule has 0 fully saturated rings. The average Bonchev–Trinajstić information content (AvgIpc) is 3.29. The number of aliphatic hydroxyl groups excluding tert-OH is 2. The van der Waals surface area contributed by atoms with Crippen molar-refractivity contribution in [1.29, 1.82) is 0 Å². The molecule has 0 aromatic heterocycles. The number of nitrogens with one attached hydrogen (secondary N) is 1. The number of unbranched alkanes of at least 4 members (excludes halogenated alkanes) is 30. The molecular formula is C58H107NO5. The number of hydrogen-bond acceptors (Lipinski definition) is 5. The molecule has 0 heterocycles. The first-order valence-electron chi connectivity index (χ1n) is 27.9. The van der Waals surface area contributed by atoms with Crippen LogP contribution in [0, 0.1) is 0 Å². The summed E-state index contributed by atoms with van der Waals surface area (Å²) in [7, 11) is 0. The number of rotatable bonds is 50. The van der Waals surface area contributed by atoms with Crippen LogP contribution in [0.15, 0.2) is 48.6 Å². The molecule has 0 aromatic carbocycles. The van der Waals surface area contributed by atoms with Crippen LogP contribution in [-0.4, -0.2) is 46.9 Å². The van der Waals surface area contributed by atoms with Crippen LogP contribution in [-0.2, 0) is 14.3 Å². The Bertz CT molecular complexity index is 1100. The van der Waals surface area contributed by atoms with Gasteiger partial charge in [0.05, 0.1) is 25.2 Å². The summed E-state index contributed by atoms with van der Waals surface area (Å²) in [6.07, 6.45) is 63.1. The fourth-order valence-corrected chi connectivity index (χ4v) is 8.37. The number of hydrogen-bond donors (Lipinski definition) is 3. The Balaban J connectivity index is 4.56. The number of carbonyl (C=O) groups excluding carboxylic acids is 2. The van der Waals surface area contributed by atoms with Crippen molar-refractivity contribution in [2.45, 2.75) is 302 Å². The average molecular weight is 898 g/mol. The first kappa shape index (κ1) is 61.8. The lowest BCUT2D eigenvalue weighted by Crippen LogP contribution is -2.46. The van der Waals surface area contributed by atoms with Crippen molar-refractivity contribution in [1.82, 2.24) is 5.32 Å². The largest absolute Gasteiger partial charge is 0.462 e. The zero-order chi connectivity index (χ0) is 46.7. The van der Waals surface area contributed by atoms with Crippen LogP contribution in [0.25, 0.3) is 0 Å². The minimum atomic E-state index is -0.792. The Hall–Kier alpha value is -2.18. The van der Waals surface area contributed by atoms with Gasteiger partial charge in [0.2, 0.25) is 5.91 Å². The molecule has 374 valence electrons. The van der Waals surface area contributed by atoms with Crippen LogP contribution in [0.3, 0.4) is 0 Å². The Morgan fingerprint density at radius 2 is 0.797 bits per heavy atom. The number of esters is 1. The second kappa shape index (κ2) is 51.8. The van der Waals surface area contributed by atoms with Gasteiger partial charge in [0.25, 0.3) is 0 Å². The number of carbonyl (C=O) groups is 2. The summed E-state index contributed by atoms with van der Waals surface area (Å²) in [4.78, 5) is 26.2. The van der Waals surface area contributed by atoms with Crippen molar-refractivity contribution < 1.29 is 24.5 Å². The fourth-order valence-electron chi connectivity index (χ4n) is 8.37. The van der Waals surface area contributed by atoms with Crippen LogP contribution in [0.1, 0.15) is 284 Å². The number of ether oxygens (including phenoxy) is 1. The van der Waals surface area contributed by atoms with Gasteiger partial charge < -0.3 is 20.3 Å². The lowest BCUT2D eigenvalue weighted by Gasteiger charge is -2.24. The highest BCUT2D eigenvalue weighted by atomic mass is 16.5. The monoisotopic (exact) mass is 898 g/mol. The summed E-state index contributed by atoms with van der Waals surface area (Å²) in [6, 6.07) is -0.706. The third-order valence-electron chi connectivity index (χ3n) is 12.6. The highest BCUT2D eigenvalue weighted by molar-refractivity contribution is 5.77. The molecule has 6 nitrogen and oxygen atoms in total. The van der Waals surface area contributed by atoms with Crippen LogP contribution in [0.5, 0.6) is 0 Å². The molecule has 0 rings (SSSR count). The second-order valence-corrected chi connectivity index (χ2v) is 19.0. The van der Waals surface area contributed by atoms with E-state index in [1.54, 1.807) is 0 Å². The van der Waals surface area contributed by atoms with E-state index in [2.05, 4.69) is 74.7 Å². The zero-order valence-corrected chi connectivity index (χ0v) is 42.7. The maximum atomic E-state index is 13.2. The highest BCUT2D eigenvalue weighted by Gasteiger charge is 2.24. The van der Waals surface area contributed by atoms with E-state index >= 15 is 0 Å². The van der Waals surface area contributed by atoms with Gasteiger partial charge in [-0.3, -0.25) is 9.59 Å². The minimum Gasteiger partial charge on any atom is -0.462 e. The maximum Gasteiger partial charge on any atom is 0.306 e. The standard InChI is InChI=1S/C58H107NO5/c1-4-7-10-13-16-19-22-25-26-27-28-29-30-33-36-39-42-45-48-51-58(63)64-54(49-46-43-40-37-34-31-23-20-17-14-11-8-5-2)52-57(62)59-55(53-60)56(61)50-47-44-41-38-35-32-24-21-18-15-12-9-6-3/h16,19-20,23,25-26,28-29,54-56,60-61H,4-15,17-18,21-22,24,27,30-53H2,1-3H3,(H,59,62)/b19-16-,23-20-,26-25-,29-28-. The topological polar surface area (TPSA) is 95.9 Å². The molecule has 1 amide bonds. The summed E-state index contributed by atoms with van der Waals surface area (Å²) in [5, 5.41) is 23.8. The van der Waals surface area contributed by atoms with E-state index in [0.29, 0.717) is 19.3 Å².